The molecule has 0 aliphatic carbocycles. The standard InChI is InChI=1S/C12H8ClF6NO/c1-6-5-10(21-20-6,12(17,18)19)7-2-8(11(14,15)16)4-9(13)3-7/h2-4H,5H2,1H3. The second-order valence-electron chi connectivity index (χ2n) is 4.65. The molecule has 0 N–H and O–H groups in total. The third-order valence-electron chi connectivity index (χ3n) is 3.01. The van der Waals surface area contributed by atoms with Crippen molar-refractivity contribution >= 4 is 17.3 Å². The lowest BCUT2D eigenvalue weighted by atomic mass is 9.87. The summed E-state index contributed by atoms with van der Waals surface area (Å²) in [4.78, 5) is 4.46. The zero-order valence-corrected chi connectivity index (χ0v) is 11.2. The number of halogens is 7. The van der Waals surface area contributed by atoms with Crippen LogP contribution in [0.4, 0.5) is 26.3 Å². The van der Waals surface area contributed by atoms with E-state index in [0.29, 0.717) is 12.1 Å². The zero-order chi connectivity index (χ0) is 16.1. The van der Waals surface area contributed by atoms with E-state index in [1.54, 1.807) is 0 Å². The van der Waals surface area contributed by atoms with E-state index >= 15 is 0 Å². The molecule has 0 radical (unpaired) electrons. The minimum atomic E-state index is -4.94. The maximum atomic E-state index is 13.3. The van der Waals surface area contributed by atoms with Crippen LogP contribution in [-0.2, 0) is 16.6 Å². The Morgan fingerprint density at radius 2 is 1.76 bits per heavy atom. The van der Waals surface area contributed by atoms with Crippen molar-refractivity contribution in [1.82, 2.24) is 0 Å². The second kappa shape index (κ2) is 4.79. The summed E-state index contributed by atoms with van der Waals surface area (Å²) in [7, 11) is 0. The molecule has 9 heteroatoms. The lowest BCUT2D eigenvalue weighted by molar-refractivity contribution is -0.276. The van der Waals surface area contributed by atoms with Crippen LogP contribution in [0.1, 0.15) is 24.5 Å². The van der Waals surface area contributed by atoms with E-state index in [9.17, 15) is 26.3 Å². The van der Waals surface area contributed by atoms with Gasteiger partial charge in [0.1, 0.15) is 0 Å². The van der Waals surface area contributed by atoms with Crippen molar-refractivity contribution < 1.29 is 31.2 Å². The summed E-state index contributed by atoms with van der Waals surface area (Å²) in [5, 5.41) is 2.76. The first-order valence-corrected chi connectivity index (χ1v) is 6.00. The molecule has 0 spiro atoms. The summed E-state index contributed by atoms with van der Waals surface area (Å²) >= 11 is 5.52. The quantitative estimate of drug-likeness (QED) is 0.670. The molecule has 0 amide bonds. The molecule has 0 saturated carbocycles. The SMILES string of the molecule is CC1=NOC(c2cc(Cl)cc(C(F)(F)F)c2)(C(F)(F)F)C1. The van der Waals surface area contributed by atoms with Crippen molar-refractivity contribution in [3.05, 3.63) is 34.3 Å². The monoisotopic (exact) mass is 331 g/mol. The summed E-state index contributed by atoms with van der Waals surface area (Å²) < 4.78 is 78.1. The predicted molar refractivity (Wildman–Crippen MR) is 63.0 cm³/mol. The molecule has 2 nitrogen and oxygen atoms in total. The highest BCUT2D eigenvalue weighted by atomic mass is 35.5. The van der Waals surface area contributed by atoms with Crippen LogP contribution in [0, 0.1) is 0 Å². The molecule has 0 fully saturated rings. The van der Waals surface area contributed by atoms with Gasteiger partial charge in [0.05, 0.1) is 11.3 Å². The Kier molecular flexibility index (Phi) is 3.64. The number of hydrogen-bond donors (Lipinski definition) is 0. The molecule has 21 heavy (non-hydrogen) atoms. The number of rotatable bonds is 1. The van der Waals surface area contributed by atoms with Gasteiger partial charge in [-0.2, -0.15) is 26.3 Å². The van der Waals surface area contributed by atoms with Gasteiger partial charge < -0.3 is 4.84 Å². The van der Waals surface area contributed by atoms with Gasteiger partial charge in [0.25, 0.3) is 5.60 Å². The van der Waals surface area contributed by atoms with Gasteiger partial charge in [0.2, 0.25) is 0 Å². The molecule has 1 aromatic carbocycles. The Morgan fingerprint density at radius 3 is 2.19 bits per heavy atom. The van der Waals surface area contributed by atoms with Crippen molar-refractivity contribution in [3.8, 4) is 0 Å². The molecule has 2 rings (SSSR count). The first-order chi connectivity index (χ1) is 9.46. The molecule has 1 heterocycles. The number of hydrogen-bond acceptors (Lipinski definition) is 2. The fourth-order valence-electron chi connectivity index (χ4n) is 2.04. The first kappa shape index (κ1) is 15.9. The van der Waals surface area contributed by atoms with E-state index in [2.05, 4.69) is 9.99 Å². The Labute approximate surface area is 120 Å². The molecule has 1 atom stereocenters. The number of alkyl halides is 6. The Balaban J connectivity index is 2.60. The summed E-state index contributed by atoms with van der Waals surface area (Å²) in [5.41, 5.74) is -4.92. The maximum absolute atomic E-state index is 13.3. The lowest BCUT2D eigenvalue weighted by Crippen LogP contribution is -2.42. The minimum Gasteiger partial charge on any atom is -0.374 e. The highest BCUT2D eigenvalue weighted by molar-refractivity contribution is 6.30. The van der Waals surface area contributed by atoms with Gasteiger partial charge in [-0.25, -0.2) is 0 Å². The van der Waals surface area contributed by atoms with Gasteiger partial charge in [-0.3, -0.25) is 0 Å². The molecular formula is C12H8ClF6NO. The van der Waals surface area contributed by atoms with Crippen LogP contribution in [0.25, 0.3) is 0 Å². The van der Waals surface area contributed by atoms with Crippen molar-refractivity contribution in [2.24, 2.45) is 5.16 Å². The van der Waals surface area contributed by atoms with Crippen LogP contribution in [0.15, 0.2) is 23.4 Å². The van der Waals surface area contributed by atoms with E-state index in [1.807, 2.05) is 0 Å². The molecule has 116 valence electrons. The van der Waals surface area contributed by atoms with Crippen molar-refractivity contribution in [2.45, 2.75) is 31.3 Å². The van der Waals surface area contributed by atoms with Gasteiger partial charge >= 0.3 is 12.4 Å². The van der Waals surface area contributed by atoms with Crippen LogP contribution >= 0.6 is 11.6 Å². The largest absolute Gasteiger partial charge is 0.435 e. The maximum Gasteiger partial charge on any atom is 0.435 e. The van der Waals surface area contributed by atoms with Crippen LogP contribution < -0.4 is 0 Å². The van der Waals surface area contributed by atoms with Crippen LogP contribution in [0.2, 0.25) is 5.02 Å². The fourth-order valence-corrected chi connectivity index (χ4v) is 2.27. The van der Waals surface area contributed by atoms with E-state index < -0.39 is 40.5 Å². The Morgan fingerprint density at radius 1 is 1.14 bits per heavy atom. The molecular weight excluding hydrogens is 324 g/mol. The normalized spacial score (nSPS) is 23.0. The van der Waals surface area contributed by atoms with Gasteiger partial charge in [-0.1, -0.05) is 16.8 Å². The molecule has 0 bridgehead atoms. The number of nitrogens with zero attached hydrogens (tertiary/aromatic N) is 1. The van der Waals surface area contributed by atoms with Crippen molar-refractivity contribution in [3.63, 3.8) is 0 Å². The average molecular weight is 332 g/mol. The topological polar surface area (TPSA) is 21.6 Å². The molecule has 1 aromatic rings. The smallest absolute Gasteiger partial charge is 0.374 e. The highest BCUT2D eigenvalue weighted by Gasteiger charge is 2.62. The second-order valence-corrected chi connectivity index (χ2v) is 5.08. The van der Waals surface area contributed by atoms with E-state index in [1.165, 1.54) is 6.92 Å². The third-order valence-corrected chi connectivity index (χ3v) is 3.23. The number of benzene rings is 1. The number of oxime groups is 1. The van der Waals surface area contributed by atoms with Crippen molar-refractivity contribution in [2.75, 3.05) is 0 Å². The summed E-state index contributed by atoms with van der Waals surface area (Å²) in [5.74, 6) is 0. The third kappa shape index (κ3) is 2.81. The van der Waals surface area contributed by atoms with Crippen LogP contribution in [0.3, 0.4) is 0 Å². The summed E-state index contributed by atoms with van der Waals surface area (Å²) in [6.07, 6.45) is -10.4. The van der Waals surface area contributed by atoms with E-state index in [-0.39, 0.29) is 5.71 Å². The lowest BCUT2D eigenvalue weighted by Gasteiger charge is -2.30. The molecule has 0 saturated heterocycles. The summed E-state index contributed by atoms with van der Waals surface area (Å²) in [6, 6.07) is 1.74. The summed E-state index contributed by atoms with van der Waals surface area (Å²) in [6.45, 7) is 1.29. The fraction of sp³-hybridized carbons (Fsp3) is 0.417. The van der Waals surface area contributed by atoms with Crippen LogP contribution in [-0.4, -0.2) is 11.9 Å². The van der Waals surface area contributed by atoms with Gasteiger partial charge in [-0.15, -0.1) is 0 Å². The highest BCUT2D eigenvalue weighted by Crippen LogP contribution is 2.49. The Hall–Kier alpha value is -1.44. The van der Waals surface area contributed by atoms with Crippen LogP contribution in [0.5, 0.6) is 0 Å². The zero-order valence-electron chi connectivity index (χ0n) is 10.4. The molecule has 1 aliphatic rings. The molecule has 0 aromatic heterocycles. The first-order valence-electron chi connectivity index (χ1n) is 5.62. The molecule has 1 unspecified atom stereocenters. The van der Waals surface area contributed by atoms with Gasteiger partial charge in [0.15, 0.2) is 0 Å². The predicted octanol–water partition coefficient (Wildman–Crippen LogP) is 4.91. The Bertz CT molecular complexity index is 594. The van der Waals surface area contributed by atoms with E-state index in [0.717, 1.165) is 6.07 Å². The average Bonchev–Trinajstić information content (AvgIpc) is 2.70. The van der Waals surface area contributed by atoms with Crippen molar-refractivity contribution in [1.29, 1.82) is 0 Å². The minimum absolute atomic E-state index is 0.0286. The van der Waals surface area contributed by atoms with Gasteiger partial charge in [-0.05, 0) is 25.1 Å². The van der Waals surface area contributed by atoms with Gasteiger partial charge in [0, 0.05) is 17.0 Å². The molecule has 1 aliphatic heterocycles. The van der Waals surface area contributed by atoms with E-state index in [4.69, 9.17) is 11.6 Å².